The number of rotatable bonds is 10. The molecule has 0 aliphatic carbocycles. The molecule has 1 atom stereocenters. The monoisotopic (exact) mass is 279 g/mol. The van der Waals surface area contributed by atoms with Crippen molar-refractivity contribution in [2.75, 3.05) is 24.6 Å². The lowest BCUT2D eigenvalue weighted by molar-refractivity contribution is -0.164. The summed E-state index contributed by atoms with van der Waals surface area (Å²) < 4.78 is 10.3. The zero-order valence-electron chi connectivity index (χ0n) is 12.7. The fraction of sp³-hybridized carbons (Fsp3) is 0.562. The van der Waals surface area contributed by atoms with E-state index in [4.69, 9.17) is 9.47 Å². The lowest BCUT2D eigenvalue weighted by Crippen LogP contribution is -2.26. The average Bonchev–Trinajstić information content (AvgIpc) is 2.44. The largest absolute Gasteiger partial charge is 0.438 e. The Morgan fingerprint density at radius 3 is 2.75 bits per heavy atom. The van der Waals surface area contributed by atoms with E-state index in [-0.39, 0.29) is 0 Å². The molecule has 0 saturated carbocycles. The molecule has 0 saturated heterocycles. The van der Waals surface area contributed by atoms with E-state index in [2.05, 4.69) is 43.0 Å². The van der Waals surface area contributed by atoms with Gasteiger partial charge in [0.25, 0.3) is 6.47 Å². The minimum Gasteiger partial charge on any atom is -0.438 e. The number of carbonyl (C=O) groups excluding carboxylic acids is 1. The Bertz CT molecular complexity index is 395. The van der Waals surface area contributed by atoms with E-state index in [1.165, 1.54) is 11.3 Å². The minimum absolute atomic E-state index is 0.422. The Hall–Kier alpha value is -1.55. The molecule has 1 aromatic carbocycles. The van der Waals surface area contributed by atoms with Gasteiger partial charge in [0.1, 0.15) is 0 Å². The van der Waals surface area contributed by atoms with Crippen LogP contribution in [0.2, 0.25) is 0 Å². The maximum Gasteiger partial charge on any atom is 0.295 e. The third-order valence-electron chi connectivity index (χ3n) is 3.18. The van der Waals surface area contributed by atoms with Crippen molar-refractivity contribution in [3.8, 4) is 0 Å². The summed E-state index contributed by atoms with van der Waals surface area (Å²) in [5.41, 5.74) is 2.49. The molecule has 4 nitrogen and oxygen atoms in total. The van der Waals surface area contributed by atoms with Gasteiger partial charge in [0.05, 0.1) is 0 Å². The van der Waals surface area contributed by atoms with Gasteiger partial charge in [-0.05, 0) is 44.9 Å². The molecule has 0 bridgehead atoms. The van der Waals surface area contributed by atoms with Crippen molar-refractivity contribution in [2.45, 2.75) is 39.9 Å². The minimum atomic E-state index is -0.422. The van der Waals surface area contributed by atoms with E-state index < -0.39 is 6.29 Å². The molecule has 0 amide bonds. The van der Waals surface area contributed by atoms with Crippen LogP contribution in [0.1, 0.15) is 32.3 Å². The Morgan fingerprint density at radius 2 is 2.15 bits per heavy atom. The summed E-state index contributed by atoms with van der Waals surface area (Å²) >= 11 is 0. The molecule has 0 fully saturated rings. The molecule has 0 radical (unpaired) electrons. The highest BCUT2D eigenvalue weighted by molar-refractivity contribution is 5.48. The highest BCUT2D eigenvalue weighted by Gasteiger charge is 2.10. The van der Waals surface area contributed by atoms with Crippen LogP contribution < -0.4 is 4.90 Å². The average molecular weight is 279 g/mol. The molecule has 1 aromatic rings. The maximum absolute atomic E-state index is 10.4. The van der Waals surface area contributed by atoms with Gasteiger partial charge in [-0.1, -0.05) is 12.1 Å². The smallest absolute Gasteiger partial charge is 0.295 e. The molecule has 0 heterocycles. The van der Waals surface area contributed by atoms with Gasteiger partial charge in [-0.2, -0.15) is 0 Å². The summed E-state index contributed by atoms with van der Waals surface area (Å²) in [5.74, 6) is 0. The maximum atomic E-state index is 10.4. The van der Waals surface area contributed by atoms with Crippen LogP contribution >= 0.6 is 0 Å². The van der Waals surface area contributed by atoms with Crippen LogP contribution in [-0.4, -0.2) is 32.5 Å². The van der Waals surface area contributed by atoms with Gasteiger partial charge in [0, 0.05) is 31.8 Å². The first kappa shape index (κ1) is 16.5. The molecule has 1 rings (SSSR count). The van der Waals surface area contributed by atoms with Crippen molar-refractivity contribution in [1.29, 1.82) is 0 Å². The van der Waals surface area contributed by atoms with E-state index in [9.17, 15) is 4.79 Å². The first-order valence-corrected chi connectivity index (χ1v) is 7.23. The Kier molecular flexibility index (Phi) is 7.73. The van der Waals surface area contributed by atoms with Crippen LogP contribution in [-0.2, 0) is 14.3 Å². The molecule has 4 heteroatoms. The van der Waals surface area contributed by atoms with Crippen molar-refractivity contribution in [1.82, 2.24) is 0 Å². The third-order valence-corrected chi connectivity index (χ3v) is 3.18. The van der Waals surface area contributed by atoms with Gasteiger partial charge >= 0.3 is 0 Å². The number of ether oxygens (including phenoxy) is 2. The number of hydrogen-bond donors (Lipinski definition) is 0. The summed E-state index contributed by atoms with van der Waals surface area (Å²) in [6, 6.07) is 8.48. The van der Waals surface area contributed by atoms with Crippen LogP contribution in [0.5, 0.6) is 0 Å². The molecular formula is C16H25NO3. The predicted molar refractivity (Wildman–Crippen MR) is 80.9 cm³/mol. The molecule has 0 aliphatic rings. The SMILES string of the molecule is CCOC(CCCN(CC)c1cccc(C)c1)OC=O. The first-order valence-electron chi connectivity index (χ1n) is 7.23. The Labute approximate surface area is 121 Å². The van der Waals surface area contributed by atoms with E-state index in [1.807, 2.05) is 6.92 Å². The molecule has 20 heavy (non-hydrogen) atoms. The molecular weight excluding hydrogens is 254 g/mol. The third kappa shape index (κ3) is 5.61. The molecule has 0 N–H and O–H groups in total. The highest BCUT2D eigenvalue weighted by Crippen LogP contribution is 2.16. The predicted octanol–water partition coefficient (Wildman–Crippen LogP) is 3.14. The standard InChI is InChI=1S/C16H25NO3/c1-4-17(15-9-6-8-14(3)12-15)11-7-10-16(19-5-2)20-13-18/h6,8-9,12-13,16H,4-5,7,10-11H2,1-3H3. The first-order chi connectivity index (χ1) is 9.71. The molecule has 0 spiro atoms. The van der Waals surface area contributed by atoms with E-state index in [0.717, 1.165) is 25.9 Å². The van der Waals surface area contributed by atoms with Gasteiger partial charge in [0.15, 0.2) is 0 Å². The molecule has 1 unspecified atom stereocenters. The van der Waals surface area contributed by atoms with Crippen molar-refractivity contribution < 1.29 is 14.3 Å². The quantitative estimate of drug-likeness (QED) is 0.487. The number of aryl methyl sites for hydroxylation is 1. The Balaban J connectivity index is 2.46. The van der Waals surface area contributed by atoms with Crippen molar-refractivity contribution in [3.05, 3.63) is 29.8 Å². The topological polar surface area (TPSA) is 38.8 Å². The number of nitrogens with zero attached hydrogens (tertiary/aromatic N) is 1. The van der Waals surface area contributed by atoms with Crippen LogP contribution in [0.25, 0.3) is 0 Å². The van der Waals surface area contributed by atoms with Gasteiger partial charge in [0.2, 0.25) is 6.29 Å². The fourth-order valence-corrected chi connectivity index (χ4v) is 2.18. The second-order valence-corrected chi connectivity index (χ2v) is 4.68. The normalized spacial score (nSPS) is 11.9. The number of carbonyl (C=O) groups is 1. The van der Waals surface area contributed by atoms with E-state index in [1.54, 1.807) is 0 Å². The Morgan fingerprint density at radius 1 is 1.35 bits per heavy atom. The summed E-state index contributed by atoms with van der Waals surface area (Å²) in [6.45, 7) is 9.02. The number of benzene rings is 1. The zero-order valence-corrected chi connectivity index (χ0v) is 12.7. The lowest BCUT2D eigenvalue weighted by Gasteiger charge is -2.24. The summed E-state index contributed by atoms with van der Waals surface area (Å²) in [5, 5.41) is 0. The number of anilines is 1. The second kappa shape index (κ2) is 9.37. The molecule has 112 valence electrons. The van der Waals surface area contributed by atoms with Crippen LogP contribution in [0.3, 0.4) is 0 Å². The lowest BCUT2D eigenvalue weighted by atomic mass is 10.2. The van der Waals surface area contributed by atoms with Crippen molar-refractivity contribution >= 4 is 12.2 Å². The zero-order chi connectivity index (χ0) is 14.8. The van der Waals surface area contributed by atoms with Crippen LogP contribution in [0, 0.1) is 6.92 Å². The van der Waals surface area contributed by atoms with Gasteiger partial charge < -0.3 is 14.4 Å². The summed E-state index contributed by atoms with van der Waals surface area (Å²) in [6.07, 6.45) is 1.21. The van der Waals surface area contributed by atoms with E-state index >= 15 is 0 Å². The fourth-order valence-electron chi connectivity index (χ4n) is 2.18. The van der Waals surface area contributed by atoms with E-state index in [0.29, 0.717) is 13.1 Å². The van der Waals surface area contributed by atoms with Gasteiger partial charge in [-0.15, -0.1) is 0 Å². The van der Waals surface area contributed by atoms with Crippen LogP contribution in [0.4, 0.5) is 5.69 Å². The highest BCUT2D eigenvalue weighted by atomic mass is 16.7. The summed E-state index contributed by atoms with van der Waals surface area (Å²) in [4.78, 5) is 12.7. The second-order valence-electron chi connectivity index (χ2n) is 4.68. The number of hydrogen-bond acceptors (Lipinski definition) is 4. The van der Waals surface area contributed by atoms with Crippen molar-refractivity contribution in [3.63, 3.8) is 0 Å². The molecule has 0 aliphatic heterocycles. The van der Waals surface area contributed by atoms with Crippen LogP contribution in [0.15, 0.2) is 24.3 Å². The molecule has 0 aromatic heterocycles. The van der Waals surface area contributed by atoms with Gasteiger partial charge in [-0.25, -0.2) is 0 Å². The summed E-state index contributed by atoms with van der Waals surface area (Å²) in [7, 11) is 0. The van der Waals surface area contributed by atoms with Gasteiger partial charge in [-0.3, -0.25) is 4.79 Å². The van der Waals surface area contributed by atoms with Crippen molar-refractivity contribution in [2.24, 2.45) is 0 Å².